The zero-order chi connectivity index (χ0) is 21.0. The summed E-state index contributed by atoms with van der Waals surface area (Å²) in [5, 5.41) is 26.5. The van der Waals surface area contributed by atoms with Gasteiger partial charge in [-0.15, -0.1) is 0 Å². The molecule has 1 heterocycles. The van der Waals surface area contributed by atoms with Crippen LogP contribution < -0.4 is 9.64 Å². The van der Waals surface area contributed by atoms with E-state index in [0.29, 0.717) is 24.2 Å². The Kier molecular flexibility index (Phi) is 6.78. The molecule has 0 aliphatic carbocycles. The number of carbonyl (C=O) groups is 1. The van der Waals surface area contributed by atoms with E-state index in [1.165, 1.54) is 11.3 Å². The molecule has 152 valence electrons. The molecule has 2 aromatic rings. The van der Waals surface area contributed by atoms with E-state index in [1.807, 2.05) is 0 Å². The fourth-order valence-electron chi connectivity index (χ4n) is 3.02. The van der Waals surface area contributed by atoms with Crippen molar-refractivity contribution in [2.75, 3.05) is 18.5 Å². The van der Waals surface area contributed by atoms with E-state index in [0.717, 1.165) is 24.4 Å². The standard InChI is InChI=1S/C15H23NO.C7H6O4/c1-10(2)12-7-6-8-13-15(12)17-14(11(3)4)9-16(13)5;8-3-4-1-5(9)7(11)6(10)2-4/h6-8,10-11,14H,9H2,1-5H3;1-3,9-11H. The Hall–Kier alpha value is -2.89. The zero-order valence-corrected chi connectivity index (χ0v) is 17.0. The Bertz CT molecular complexity index is 794. The first-order valence-corrected chi connectivity index (χ1v) is 9.36. The maximum absolute atomic E-state index is 10.1. The number of anilines is 1. The van der Waals surface area contributed by atoms with E-state index < -0.39 is 17.2 Å². The average Bonchev–Trinajstić information content (AvgIpc) is 2.65. The predicted molar refractivity (Wildman–Crippen MR) is 110 cm³/mol. The minimum atomic E-state index is -0.615. The number of ether oxygens (including phenoxy) is 1. The van der Waals surface area contributed by atoms with Crippen LogP contribution in [0.4, 0.5) is 5.69 Å². The number of hydrogen-bond acceptors (Lipinski definition) is 6. The van der Waals surface area contributed by atoms with Gasteiger partial charge < -0.3 is 25.0 Å². The lowest BCUT2D eigenvalue weighted by molar-refractivity contribution is 0.112. The van der Waals surface area contributed by atoms with Crippen LogP contribution in [-0.2, 0) is 0 Å². The first-order chi connectivity index (χ1) is 13.1. The van der Waals surface area contributed by atoms with Crippen molar-refractivity contribution in [3.63, 3.8) is 0 Å². The number of carbonyl (C=O) groups excluding carboxylic acids is 1. The molecule has 6 heteroatoms. The SMILES string of the molecule is CC(C)c1cccc2c1OC(C(C)C)CN2C.O=Cc1cc(O)c(O)c(O)c1. The molecule has 1 aliphatic rings. The first kappa shape index (κ1) is 21.4. The zero-order valence-electron chi connectivity index (χ0n) is 17.0. The number of aldehydes is 1. The third kappa shape index (κ3) is 4.68. The molecule has 3 N–H and O–H groups in total. The fraction of sp³-hybridized carbons (Fsp3) is 0.409. The number of hydrogen-bond donors (Lipinski definition) is 3. The lowest BCUT2D eigenvalue weighted by atomic mass is 9.98. The van der Waals surface area contributed by atoms with Gasteiger partial charge in [-0.25, -0.2) is 0 Å². The lowest BCUT2D eigenvalue weighted by Crippen LogP contribution is -2.41. The molecule has 1 unspecified atom stereocenters. The molecule has 0 saturated heterocycles. The summed E-state index contributed by atoms with van der Waals surface area (Å²) in [6.07, 6.45) is 0.756. The van der Waals surface area contributed by atoms with Crippen LogP contribution in [0.1, 0.15) is 49.5 Å². The number of likely N-dealkylation sites (N-methyl/N-ethyl adjacent to an activating group) is 1. The highest BCUT2D eigenvalue weighted by atomic mass is 16.5. The van der Waals surface area contributed by atoms with Gasteiger partial charge in [-0.3, -0.25) is 4.79 Å². The summed E-state index contributed by atoms with van der Waals surface area (Å²) < 4.78 is 6.21. The van der Waals surface area contributed by atoms with Gasteiger partial charge in [-0.1, -0.05) is 39.8 Å². The minimum absolute atomic E-state index is 0.109. The van der Waals surface area contributed by atoms with Crippen molar-refractivity contribution in [3.8, 4) is 23.0 Å². The molecule has 0 amide bonds. The van der Waals surface area contributed by atoms with E-state index in [9.17, 15) is 4.79 Å². The van der Waals surface area contributed by atoms with Crippen LogP contribution in [0.5, 0.6) is 23.0 Å². The van der Waals surface area contributed by atoms with Crippen molar-refractivity contribution < 1.29 is 24.9 Å². The van der Waals surface area contributed by atoms with Gasteiger partial charge in [0.05, 0.1) is 12.2 Å². The van der Waals surface area contributed by atoms with Gasteiger partial charge in [0.15, 0.2) is 17.2 Å². The maximum atomic E-state index is 10.1. The summed E-state index contributed by atoms with van der Waals surface area (Å²) in [6.45, 7) is 9.87. The summed E-state index contributed by atoms with van der Waals surface area (Å²) >= 11 is 0. The van der Waals surface area contributed by atoms with E-state index in [2.05, 4.69) is 57.8 Å². The van der Waals surface area contributed by atoms with Gasteiger partial charge in [-0.2, -0.15) is 0 Å². The van der Waals surface area contributed by atoms with Crippen LogP contribution in [0.3, 0.4) is 0 Å². The molecule has 0 fully saturated rings. The van der Waals surface area contributed by atoms with Crippen LogP contribution in [0.15, 0.2) is 30.3 Å². The second-order valence-corrected chi connectivity index (χ2v) is 7.66. The molecule has 28 heavy (non-hydrogen) atoms. The molecule has 0 aromatic heterocycles. The number of rotatable bonds is 3. The molecule has 2 aromatic carbocycles. The van der Waals surface area contributed by atoms with Crippen molar-refractivity contribution in [2.24, 2.45) is 5.92 Å². The minimum Gasteiger partial charge on any atom is -0.504 e. The normalized spacial score (nSPS) is 15.5. The fourth-order valence-corrected chi connectivity index (χ4v) is 3.02. The van der Waals surface area contributed by atoms with Crippen LogP contribution >= 0.6 is 0 Å². The van der Waals surface area contributed by atoms with Crippen LogP contribution in [0.2, 0.25) is 0 Å². The number of benzene rings is 2. The van der Waals surface area contributed by atoms with Gasteiger partial charge in [0.2, 0.25) is 0 Å². The van der Waals surface area contributed by atoms with E-state index in [-0.39, 0.29) is 5.56 Å². The Labute approximate surface area is 166 Å². The van der Waals surface area contributed by atoms with E-state index >= 15 is 0 Å². The second-order valence-electron chi connectivity index (χ2n) is 7.66. The molecule has 1 aliphatic heterocycles. The Morgan fingerprint density at radius 1 is 1.11 bits per heavy atom. The Morgan fingerprint density at radius 3 is 2.21 bits per heavy atom. The van der Waals surface area contributed by atoms with Crippen molar-refractivity contribution >= 4 is 12.0 Å². The summed E-state index contributed by atoms with van der Waals surface area (Å²) in [7, 11) is 2.15. The van der Waals surface area contributed by atoms with Crippen molar-refractivity contribution in [2.45, 2.75) is 39.7 Å². The molecule has 0 bridgehead atoms. The topological polar surface area (TPSA) is 90.2 Å². The van der Waals surface area contributed by atoms with Gasteiger partial charge in [0, 0.05) is 12.6 Å². The highest BCUT2D eigenvalue weighted by Gasteiger charge is 2.27. The van der Waals surface area contributed by atoms with Crippen molar-refractivity contribution in [1.29, 1.82) is 0 Å². The Morgan fingerprint density at radius 2 is 1.71 bits per heavy atom. The lowest BCUT2D eigenvalue weighted by Gasteiger charge is -2.37. The van der Waals surface area contributed by atoms with Gasteiger partial charge >= 0.3 is 0 Å². The number of phenolic OH excluding ortho intramolecular Hbond substituents is 3. The second kappa shape index (κ2) is 8.87. The molecular weight excluding hydrogens is 358 g/mol. The van der Waals surface area contributed by atoms with Gasteiger partial charge in [0.1, 0.15) is 18.1 Å². The summed E-state index contributed by atoms with van der Waals surface area (Å²) in [5.74, 6) is 0.514. The van der Waals surface area contributed by atoms with Crippen LogP contribution in [0.25, 0.3) is 0 Å². The molecule has 1 atom stereocenters. The highest BCUT2D eigenvalue weighted by molar-refractivity contribution is 5.78. The smallest absolute Gasteiger partial charge is 0.200 e. The van der Waals surface area contributed by atoms with Crippen molar-refractivity contribution in [3.05, 3.63) is 41.5 Å². The summed E-state index contributed by atoms with van der Waals surface area (Å²) in [4.78, 5) is 12.4. The quantitative estimate of drug-likeness (QED) is 0.538. The number of phenols is 3. The number of nitrogens with zero attached hydrogens (tertiary/aromatic N) is 1. The number of aromatic hydroxyl groups is 3. The third-order valence-electron chi connectivity index (χ3n) is 4.75. The Balaban J connectivity index is 0.000000221. The maximum Gasteiger partial charge on any atom is 0.200 e. The van der Waals surface area contributed by atoms with E-state index in [1.54, 1.807) is 0 Å². The number of fused-ring (bicyclic) bond motifs is 1. The predicted octanol–water partition coefficient (Wildman–Crippen LogP) is 4.28. The largest absolute Gasteiger partial charge is 0.504 e. The van der Waals surface area contributed by atoms with E-state index in [4.69, 9.17) is 20.1 Å². The summed E-state index contributed by atoms with van der Waals surface area (Å²) in [5.41, 5.74) is 2.66. The first-order valence-electron chi connectivity index (χ1n) is 9.36. The monoisotopic (exact) mass is 387 g/mol. The molecule has 0 saturated carbocycles. The van der Waals surface area contributed by atoms with Gasteiger partial charge in [0.25, 0.3) is 0 Å². The van der Waals surface area contributed by atoms with Gasteiger partial charge in [-0.05, 0) is 35.6 Å². The molecule has 0 radical (unpaired) electrons. The van der Waals surface area contributed by atoms with Crippen LogP contribution in [0, 0.1) is 5.92 Å². The molecule has 6 nitrogen and oxygen atoms in total. The average molecular weight is 387 g/mol. The molecular formula is C22H29NO5. The third-order valence-corrected chi connectivity index (χ3v) is 4.75. The van der Waals surface area contributed by atoms with Crippen LogP contribution in [-0.4, -0.2) is 41.3 Å². The van der Waals surface area contributed by atoms with Crippen molar-refractivity contribution in [1.82, 2.24) is 0 Å². The number of para-hydroxylation sites is 1. The summed E-state index contributed by atoms with van der Waals surface area (Å²) in [6, 6.07) is 8.58. The molecule has 3 rings (SSSR count). The highest BCUT2D eigenvalue weighted by Crippen LogP contribution is 2.40. The molecule has 0 spiro atoms.